The standard InChI is InChI=1S/C15H13Cl2NO4S/c1-9(16)7-21-14(19)5-10(2)22-15(20)12-6-11(18-8-23)3-4-13(12)17/h3-4,6,10H,1,5,7H2,2H3. The highest BCUT2D eigenvalue weighted by Gasteiger charge is 2.18. The Hall–Kier alpha value is -1.72. The Bertz CT molecular complexity index is 671. The second-order valence-electron chi connectivity index (χ2n) is 4.47. The molecule has 1 atom stereocenters. The second kappa shape index (κ2) is 9.43. The molecule has 0 radical (unpaired) electrons. The van der Waals surface area contributed by atoms with E-state index in [2.05, 4.69) is 29.0 Å². The van der Waals surface area contributed by atoms with Crippen molar-refractivity contribution in [1.29, 1.82) is 0 Å². The van der Waals surface area contributed by atoms with Gasteiger partial charge in [-0.1, -0.05) is 29.8 Å². The number of esters is 2. The van der Waals surface area contributed by atoms with Gasteiger partial charge in [-0.3, -0.25) is 4.79 Å². The summed E-state index contributed by atoms with van der Waals surface area (Å²) in [6.45, 7) is 4.86. The molecule has 122 valence electrons. The maximum absolute atomic E-state index is 12.1. The molecule has 0 amide bonds. The van der Waals surface area contributed by atoms with Gasteiger partial charge in [0.1, 0.15) is 12.7 Å². The average Bonchev–Trinajstić information content (AvgIpc) is 2.47. The van der Waals surface area contributed by atoms with E-state index >= 15 is 0 Å². The van der Waals surface area contributed by atoms with Gasteiger partial charge < -0.3 is 9.47 Å². The van der Waals surface area contributed by atoms with Gasteiger partial charge in [-0.2, -0.15) is 4.99 Å². The van der Waals surface area contributed by atoms with Crippen LogP contribution in [0.3, 0.4) is 0 Å². The highest BCUT2D eigenvalue weighted by atomic mass is 35.5. The van der Waals surface area contributed by atoms with Crippen molar-refractivity contribution in [2.24, 2.45) is 4.99 Å². The number of hydrogen-bond acceptors (Lipinski definition) is 6. The molecule has 0 N–H and O–H groups in total. The third-order valence-corrected chi connectivity index (χ3v) is 3.03. The molecule has 1 unspecified atom stereocenters. The monoisotopic (exact) mass is 373 g/mol. The van der Waals surface area contributed by atoms with Crippen LogP contribution >= 0.6 is 35.4 Å². The van der Waals surface area contributed by atoms with Gasteiger partial charge in [0.15, 0.2) is 0 Å². The lowest BCUT2D eigenvalue weighted by Crippen LogP contribution is -2.20. The predicted molar refractivity (Wildman–Crippen MR) is 91.6 cm³/mol. The van der Waals surface area contributed by atoms with Crippen LogP contribution in [-0.2, 0) is 14.3 Å². The minimum atomic E-state index is -0.702. The molecule has 0 aliphatic heterocycles. The van der Waals surface area contributed by atoms with Gasteiger partial charge in [-0.25, -0.2) is 4.79 Å². The molecule has 23 heavy (non-hydrogen) atoms. The Morgan fingerprint density at radius 3 is 2.78 bits per heavy atom. The predicted octanol–water partition coefficient (Wildman–Crippen LogP) is 4.31. The van der Waals surface area contributed by atoms with E-state index in [1.54, 1.807) is 13.0 Å². The summed E-state index contributed by atoms with van der Waals surface area (Å²) in [6, 6.07) is 4.50. The van der Waals surface area contributed by atoms with E-state index in [1.807, 2.05) is 0 Å². The van der Waals surface area contributed by atoms with Gasteiger partial charge in [-0.15, -0.1) is 0 Å². The van der Waals surface area contributed by atoms with Crippen LogP contribution in [0.2, 0.25) is 5.02 Å². The first-order valence-corrected chi connectivity index (χ1v) is 7.57. The van der Waals surface area contributed by atoms with Crippen molar-refractivity contribution in [3.8, 4) is 0 Å². The zero-order valence-electron chi connectivity index (χ0n) is 12.2. The molecule has 0 fully saturated rings. The van der Waals surface area contributed by atoms with Crippen molar-refractivity contribution in [1.82, 2.24) is 0 Å². The van der Waals surface area contributed by atoms with Crippen molar-refractivity contribution < 1.29 is 19.1 Å². The molecule has 1 aromatic carbocycles. The van der Waals surface area contributed by atoms with Gasteiger partial charge in [-0.05, 0) is 37.3 Å². The molecule has 0 saturated heterocycles. The lowest BCUT2D eigenvalue weighted by molar-refractivity contribution is -0.144. The minimum absolute atomic E-state index is 0.0927. The van der Waals surface area contributed by atoms with Crippen LogP contribution in [0, 0.1) is 0 Å². The number of halogens is 2. The summed E-state index contributed by atoms with van der Waals surface area (Å²) in [7, 11) is 0. The number of hydrogen-bond donors (Lipinski definition) is 0. The molecule has 0 aliphatic rings. The smallest absolute Gasteiger partial charge is 0.340 e. The Morgan fingerprint density at radius 1 is 1.48 bits per heavy atom. The fraction of sp³-hybridized carbons (Fsp3) is 0.267. The Balaban J connectivity index is 2.68. The van der Waals surface area contributed by atoms with Crippen LogP contribution < -0.4 is 0 Å². The van der Waals surface area contributed by atoms with Crippen molar-refractivity contribution in [2.45, 2.75) is 19.4 Å². The molecule has 0 spiro atoms. The third-order valence-electron chi connectivity index (χ3n) is 2.50. The average molecular weight is 374 g/mol. The molecule has 1 aromatic rings. The fourth-order valence-electron chi connectivity index (χ4n) is 1.53. The van der Waals surface area contributed by atoms with E-state index in [4.69, 9.17) is 32.7 Å². The summed E-state index contributed by atoms with van der Waals surface area (Å²) in [5, 5.41) is 2.59. The number of carbonyl (C=O) groups excluding carboxylic acids is 2. The number of rotatable bonds is 7. The van der Waals surface area contributed by atoms with Gasteiger partial charge in [0.2, 0.25) is 0 Å². The lowest BCUT2D eigenvalue weighted by Gasteiger charge is -2.13. The SMILES string of the molecule is C=C(Cl)COC(=O)CC(C)OC(=O)c1cc(N=C=S)ccc1Cl. The second-order valence-corrected chi connectivity index (χ2v) is 5.59. The van der Waals surface area contributed by atoms with E-state index in [0.29, 0.717) is 5.69 Å². The van der Waals surface area contributed by atoms with Crippen LogP contribution in [0.4, 0.5) is 5.69 Å². The number of nitrogens with zero attached hydrogens (tertiary/aromatic N) is 1. The van der Waals surface area contributed by atoms with Crippen molar-refractivity contribution in [3.05, 3.63) is 40.4 Å². The first kappa shape index (κ1) is 19.3. The van der Waals surface area contributed by atoms with Crippen LogP contribution in [0.25, 0.3) is 0 Å². The fourth-order valence-corrected chi connectivity index (χ4v) is 1.89. The van der Waals surface area contributed by atoms with E-state index in [1.165, 1.54) is 12.1 Å². The molecule has 0 saturated carbocycles. The van der Waals surface area contributed by atoms with Crippen LogP contribution in [0.5, 0.6) is 0 Å². The zero-order valence-corrected chi connectivity index (χ0v) is 14.5. The van der Waals surface area contributed by atoms with E-state index in [9.17, 15) is 9.59 Å². The Kier molecular flexibility index (Phi) is 7.92. The van der Waals surface area contributed by atoms with Crippen molar-refractivity contribution >= 4 is 58.2 Å². The van der Waals surface area contributed by atoms with Gasteiger partial charge in [0.05, 0.1) is 27.9 Å². The normalized spacial score (nSPS) is 11.1. The van der Waals surface area contributed by atoms with Crippen molar-refractivity contribution in [2.75, 3.05) is 6.61 Å². The molecule has 0 heterocycles. The largest absolute Gasteiger partial charge is 0.460 e. The topological polar surface area (TPSA) is 65.0 Å². The van der Waals surface area contributed by atoms with Gasteiger partial charge in [0, 0.05) is 5.03 Å². The van der Waals surface area contributed by atoms with E-state index in [0.717, 1.165) is 0 Å². The summed E-state index contributed by atoms with van der Waals surface area (Å²) in [4.78, 5) is 27.4. The van der Waals surface area contributed by atoms with Crippen molar-refractivity contribution in [3.63, 3.8) is 0 Å². The van der Waals surface area contributed by atoms with E-state index in [-0.39, 0.29) is 28.6 Å². The number of carbonyl (C=O) groups is 2. The van der Waals surface area contributed by atoms with Gasteiger partial charge >= 0.3 is 11.9 Å². The summed E-state index contributed by atoms with van der Waals surface area (Å²) in [5.41, 5.74) is 0.538. The third kappa shape index (κ3) is 6.93. The number of benzene rings is 1. The number of isothiocyanates is 1. The van der Waals surface area contributed by atoms with Crippen LogP contribution in [-0.4, -0.2) is 29.8 Å². The summed E-state index contributed by atoms with van der Waals surface area (Å²) in [6.07, 6.45) is -0.821. The minimum Gasteiger partial charge on any atom is -0.460 e. The lowest BCUT2D eigenvalue weighted by atomic mass is 10.2. The number of thiocarbonyl (C=S) groups is 1. The highest BCUT2D eigenvalue weighted by Crippen LogP contribution is 2.23. The molecule has 0 bridgehead atoms. The molecule has 1 rings (SSSR count). The maximum atomic E-state index is 12.1. The Morgan fingerprint density at radius 2 is 2.17 bits per heavy atom. The first-order chi connectivity index (χ1) is 10.8. The molecule has 0 aromatic heterocycles. The molecule has 0 aliphatic carbocycles. The molecule has 8 heteroatoms. The van der Waals surface area contributed by atoms with Gasteiger partial charge in [0.25, 0.3) is 0 Å². The quantitative estimate of drug-likeness (QED) is 0.404. The number of aliphatic imine (C=N–C) groups is 1. The van der Waals surface area contributed by atoms with Crippen LogP contribution in [0.15, 0.2) is 34.8 Å². The summed E-state index contributed by atoms with van der Waals surface area (Å²) < 4.78 is 9.97. The van der Waals surface area contributed by atoms with Crippen LogP contribution in [0.1, 0.15) is 23.7 Å². The highest BCUT2D eigenvalue weighted by molar-refractivity contribution is 7.78. The Labute approximate surface area is 148 Å². The maximum Gasteiger partial charge on any atom is 0.340 e. The number of ether oxygens (including phenoxy) is 2. The van der Waals surface area contributed by atoms with E-state index < -0.39 is 18.0 Å². The summed E-state index contributed by atoms with van der Waals surface area (Å²) >= 11 is 16.0. The zero-order chi connectivity index (χ0) is 17.4. The molecule has 5 nitrogen and oxygen atoms in total. The first-order valence-electron chi connectivity index (χ1n) is 6.40. The summed E-state index contributed by atoms with van der Waals surface area (Å²) in [5.74, 6) is -1.24. The molecular formula is C15H13Cl2NO4S. The molecular weight excluding hydrogens is 361 g/mol.